The highest BCUT2D eigenvalue weighted by molar-refractivity contribution is 5.76. The molecule has 1 unspecified atom stereocenters. The lowest BCUT2D eigenvalue weighted by Crippen LogP contribution is -2.31. The predicted octanol–water partition coefficient (Wildman–Crippen LogP) is 2.71. The molecule has 0 aliphatic carbocycles. The minimum atomic E-state index is -0.295. The Morgan fingerprint density at radius 2 is 2.17 bits per heavy atom. The molecule has 1 aromatic heterocycles. The van der Waals surface area contributed by atoms with Gasteiger partial charge in [0.25, 0.3) is 0 Å². The van der Waals surface area contributed by atoms with Crippen LogP contribution in [0.3, 0.4) is 0 Å². The second-order valence-electron chi connectivity index (χ2n) is 5.56. The molecule has 5 nitrogen and oxygen atoms in total. The number of halogens is 1. The van der Waals surface area contributed by atoms with Gasteiger partial charge in [0.15, 0.2) is 11.7 Å². The van der Waals surface area contributed by atoms with Gasteiger partial charge in [0.1, 0.15) is 5.82 Å². The van der Waals surface area contributed by atoms with Crippen LogP contribution in [-0.2, 0) is 16.0 Å². The zero-order valence-electron chi connectivity index (χ0n) is 12.8. The van der Waals surface area contributed by atoms with Crippen molar-refractivity contribution in [1.29, 1.82) is 0 Å². The number of aromatic nitrogens is 1. The van der Waals surface area contributed by atoms with Crippen LogP contribution < -0.4 is 5.32 Å². The number of hydrogen-bond acceptors (Lipinski definition) is 4. The average Bonchev–Trinajstić information content (AvgIpc) is 3.23. The van der Waals surface area contributed by atoms with E-state index < -0.39 is 0 Å². The summed E-state index contributed by atoms with van der Waals surface area (Å²) in [7, 11) is 0. The molecule has 0 bridgehead atoms. The summed E-state index contributed by atoms with van der Waals surface area (Å²) in [5.74, 6) is 0.731. The number of amides is 1. The van der Waals surface area contributed by atoms with Crippen LogP contribution in [0.1, 0.15) is 25.2 Å². The van der Waals surface area contributed by atoms with E-state index in [4.69, 9.17) is 9.15 Å². The Bertz CT molecular complexity index is 648. The highest BCUT2D eigenvalue weighted by atomic mass is 19.1. The van der Waals surface area contributed by atoms with Crippen molar-refractivity contribution in [1.82, 2.24) is 10.3 Å². The van der Waals surface area contributed by atoms with Crippen molar-refractivity contribution in [2.45, 2.75) is 31.8 Å². The highest BCUT2D eigenvalue weighted by Gasteiger charge is 2.16. The van der Waals surface area contributed by atoms with Gasteiger partial charge in [-0.1, -0.05) is 0 Å². The first-order chi connectivity index (χ1) is 11.2. The molecular weight excluding hydrogens is 299 g/mol. The quantitative estimate of drug-likeness (QED) is 0.889. The Morgan fingerprint density at radius 1 is 1.35 bits per heavy atom. The van der Waals surface area contributed by atoms with E-state index >= 15 is 0 Å². The minimum absolute atomic E-state index is 0.0398. The van der Waals surface area contributed by atoms with Crippen LogP contribution in [-0.4, -0.2) is 30.1 Å². The summed E-state index contributed by atoms with van der Waals surface area (Å²) in [5, 5.41) is 2.86. The number of aryl methyl sites for hydroxylation is 1. The molecule has 1 aliphatic rings. The van der Waals surface area contributed by atoms with Gasteiger partial charge in [-0.2, -0.15) is 0 Å². The van der Waals surface area contributed by atoms with E-state index in [9.17, 15) is 9.18 Å². The van der Waals surface area contributed by atoms with Gasteiger partial charge in [0.05, 0.1) is 12.3 Å². The summed E-state index contributed by atoms with van der Waals surface area (Å²) >= 11 is 0. The molecule has 2 heterocycles. The monoisotopic (exact) mass is 318 g/mol. The van der Waals surface area contributed by atoms with E-state index in [1.807, 2.05) is 0 Å². The molecule has 1 aromatic carbocycles. The molecule has 0 radical (unpaired) electrons. The maximum atomic E-state index is 12.9. The Labute approximate surface area is 133 Å². The molecule has 1 saturated heterocycles. The van der Waals surface area contributed by atoms with Crippen molar-refractivity contribution < 1.29 is 18.3 Å². The maximum absolute atomic E-state index is 12.9. The number of ether oxygens (including phenoxy) is 1. The summed E-state index contributed by atoms with van der Waals surface area (Å²) < 4.78 is 24.0. The zero-order valence-corrected chi connectivity index (χ0v) is 12.8. The Kier molecular flexibility index (Phi) is 5.02. The summed E-state index contributed by atoms with van der Waals surface area (Å²) in [4.78, 5) is 16.0. The van der Waals surface area contributed by atoms with Gasteiger partial charge < -0.3 is 14.5 Å². The molecule has 1 fully saturated rings. The predicted molar refractivity (Wildman–Crippen MR) is 82.2 cm³/mol. The van der Waals surface area contributed by atoms with Crippen LogP contribution in [0.15, 0.2) is 34.9 Å². The Morgan fingerprint density at radius 3 is 2.91 bits per heavy atom. The van der Waals surface area contributed by atoms with Crippen LogP contribution in [0, 0.1) is 5.82 Å². The van der Waals surface area contributed by atoms with E-state index in [2.05, 4.69) is 10.3 Å². The molecule has 2 aromatic rings. The van der Waals surface area contributed by atoms with Crippen LogP contribution >= 0.6 is 0 Å². The van der Waals surface area contributed by atoms with E-state index in [1.165, 1.54) is 12.1 Å². The number of oxazole rings is 1. The van der Waals surface area contributed by atoms with Crippen molar-refractivity contribution in [3.8, 4) is 11.3 Å². The highest BCUT2D eigenvalue weighted by Crippen LogP contribution is 2.21. The second-order valence-corrected chi connectivity index (χ2v) is 5.56. The molecule has 0 saturated carbocycles. The smallest absolute Gasteiger partial charge is 0.220 e. The van der Waals surface area contributed by atoms with Crippen LogP contribution in [0.4, 0.5) is 4.39 Å². The Hall–Kier alpha value is -2.21. The fraction of sp³-hybridized carbons (Fsp3) is 0.412. The van der Waals surface area contributed by atoms with E-state index in [-0.39, 0.29) is 17.8 Å². The third-order valence-corrected chi connectivity index (χ3v) is 3.80. The number of carbonyl (C=O) groups excluding carboxylic acids is 1. The minimum Gasteiger partial charge on any atom is -0.441 e. The standard InChI is InChI=1S/C17H19FN2O3/c18-13-5-3-12(4-6-13)15-11-20-17(23-15)8-7-16(21)19-10-14-2-1-9-22-14/h3-6,11,14H,1-2,7-10H2,(H,19,21). The van der Waals surface area contributed by atoms with Crippen molar-refractivity contribution in [2.24, 2.45) is 0 Å². The molecule has 1 aliphatic heterocycles. The van der Waals surface area contributed by atoms with Gasteiger partial charge >= 0.3 is 0 Å². The second kappa shape index (κ2) is 7.37. The molecular formula is C17H19FN2O3. The third kappa shape index (κ3) is 4.39. The van der Waals surface area contributed by atoms with Gasteiger partial charge in [0.2, 0.25) is 5.91 Å². The van der Waals surface area contributed by atoms with E-state index in [1.54, 1.807) is 18.3 Å². The average molecular weight is 318 g/mol. The topological polar surface area (TPSA) is 64.4 Å². The van der Waals surface area contributed by atoms with Gasteiger partial charge in [-0.05, 0) is 37.1 Å². The Balaban J connectivity index is 1.47. The first-order valence-electron chi connectivity index (χ1n) is 7.79. The maximum Gasteiger partial charge on any atom is 0.220 e. The number of carbonyl (C=O) groups is 1. The van der Waals surface area contributed by atoms with Crippen molar-refractivity contribution in [3.63, 3.8) is 0 Å². The molecule has 23 heavy (non-hydrogen) atoms. The van der Waals surface area contributed by atoms with Crippen LogP contribution in [0.2, 0.25) is 0 Å². The molecule has 1 amide bonds. The zero-order chi connectivity index (χ0) is 16.1. The molecule has 0 spiro atoms. The largest absolute Gasteiger partial charge is 0.441 e. The molecule has 3 rings (SSSR count). The number of benzene rings is 1. The first kappa shape index (κ1) is 15.7. The lowest BCUT2D eigenvalue weighted by atomic mass is 10.2. The first-order valence-corrected chi connectivity index (χ1v) is 7.79. The third-order valence-electron chi connectivity index (χ3n) is 3.80. The number of rotatable bonds is 6. The van der Waals surface area contributed by atoms with Gasteiger partial charge in [0, 0.05) is 31.6 Å². The summed E-state index contributed by atoms with van der Waals surface area (Å²) in [5.41, 5.74) is 0.757. The van der Waals surface area contributed by atoms with Gasteiger partial charge in [-0.3, -0.25) is 4.79 Å². The lowest BCUT2D eigenvalue weighted by Gasteiger charge is -2.10. The van der Waals surface area contributed by atoms with E-state index in [0.29, 0.717) is 31.0 Å². The fourth-order valence-electron chi connectivity index (χ4n) is 2.52. The summed E-state index contributed by atoms with van der Waals surface area (Å²) in [6.07, 6.45) is 4.54. The van der Waals surface area contributed by atoms with Crippen molar-refractivity contribution in [2.75, 3.05) is 13.2 Å². The number of nitrogens with zero attached hydrogens (tertiary/aromatic N) is 1. The summed E-state index contributed by atoms with van der Waals surface area (Å²) in [6.45, 7) is 1.34. The SMILES string of the molecule is O=C(CCc1ncc(-c2ccc(F)cc2)o1)NCC1CCCO1. The van der Waals surface area contributed by atoms with Crippen LogP contribution in [0.5, 0.6) is 0 Å². The lowest BCUT2D eigenvalue weighted by molar-refractivity contribution is -0.121. The number of hydrogen-bond donors (Lipinski definition) is 1. The van der Waals surface area contributed by atoms with Crippen LogP contribution in [0.25, 0.3) is 11.3 Å². The van der Waals surface area contributed by atoms with Gasteiger partial charge in [-0.15, -0.1) is 0 Å². The molecule has 1 N–H and O–H groups in total. The fourth-order valence-corrected chi connectivity index (χ4v) is 2.52. The molecule has 6 heteroatoms. The number of nitrogens with one attached hydrogen (secondary N) is 1. The molecule has 1 atom stereocenters. The van der Waals surface area contributed by atoms with E-state index in [0.717, 1.165) is 25.0 Å². The molecule has 122 valence electrons. The normalized spacial score (nSPS) is 17.3. The van der Waals surface area contributed by atoms with Gasteiger partial charge in [-0.25, -0.2) is 9.37 Å². The van der Waals surface area contributed by atoms with Crippen molar-refractivity contribution in [3.05, 3.63) is 42.2 Å². The summed E-state index contributed by atoms with van der Waals surface area (Å²) in [6, 6.07) is 6.01. The van der Waals surface area contributed by atoms with Crippen molar-refractivity contribution >= 4 is 5.91 Å².